The molecule has 0 saturated heterocycles. The van der Waals surface area contributed by atoms with E-state index in [0.717, 1.165) is 66.8 Å². The van der Waals surface area contributed by atoms with Crippen molar-refractivity contribution in [3.05, 3.63) is 182 Å². The normalized spacial score (nSPS) is 11.5. The highest BCUT2D eigenvalue weighted by Crippen LogP contribution is 2.44. The van der Waals surface area contributed by atoms with Gasteiger partial charge in [-0.05, 0) is 93.7 Å². The Hall–Kier alpha value is -6.91. The summed E-state index contributed by atoms with van der Waals surface area (Å²) >= 11 is 0. The molecule has 0 aliphatic heterocycles. The van der Waals surface area contributed by atoms with Gasteiger partial charge in [0.1, 0.15) is 11.1 Å². The highest BCUT2D eigenvalue weighted by molar-refractivity contribution is 6.19. The number of para-hydroxylation sites is 1. The molecule has 240 valence electrons. The van der Waals surface area contributed by atoms with Gasteiger partial charge in [0.05, 0.1) is 11.1 Å². The molecule has 10 aromatic rings. The highest BCUT2D eigenvalue weighted by atomic mass is 16.4. The Bertz CT molecular complexity index is 2840. The number of benzene rings is 8. The van der Waals surface area contributed by atoms with Crippen molar-refractivity contribution in [3.63, 3.8) is 0 Å². The van der Waals surface area contributed by atoms with Crippen LogP contribution in [0.15, 0.2) is 191 Å². The van der Waals surface area contributed by atoms with Crippen molar-refractivity contribution < 1.29 is 8.83 Å². The van der Waals surface area contributed by atoms with Crippen LogP contribution in [0.25, 0.3) is 77.5 Å². The average molecular weight is 655 g/mol. The van der Waals surface area contributed by atoms with E-state index in [2.05, 4.69) is 138 Å². The molecule has 10 rings (SSSR count). The third kappa shape index (κ3) is 5.04. The predicted molar refractivity (Wildman–Crippen MR) is 210 cm³/mol. The van der Waals surface area contributed by atoms with Gasteiger partial charge in [0.15, 0.2) is 11.2 Å². The summed E-state index contributed by atoms with van der Waals surface area (Å²) in [6, 6.07) is 63.4. The summed E-state index contributed by atoms with van der Waals surface area (Å²) in [4.78, 5) is 7.26. The quantitative estimate of drug-likeness (QED) is 0.179. The van der Waals surface area contributed by atoms with Crippen molar-refractivity contribution >= 4 is 60.9 Å². The number of aromatic nitrogens is 1. The number of fused-ring (bicyclic) bond motifs is 6. The molecule has 8 aromatic carbocycles. The molecule has 2 heterocycles. The monoisotopic (exact) mass is 654 g/mol. The molecular formula is C47H30N2O2. The second-order valence-electron chi connectivity index (χ2n) is 12.8. The van der Waals surface area contributed by atoms with E-state index in [9.17, 15) is 0 Å². The first-order valence-corrected chi connectivity index (χ1v) is 17.1. The molecule has 0 N–H and O–H groups in total. The van der Waals surface area contributed by atoms with E-state index in [1.807, 2.05) is 48.5 Å². The zero-order chi connectivity index (χ0) is 33.7. The van der Waals surface area contributed by atoms with E-state index in [-0.39, 0.29) is 0 Å². The summed E-state index contributed by atoms with van der Waals surface area (Å²) in [5.74, 6) is 0.593. The summed E-state index contributed by atoms with van der Waals surface area (Å²) in [5, 5.41) is 4.40. The van der Waals surface area contributed by atoms with Gasteiger partial charge in [-0.25, -0.2) is 4.98 Å². The van der Waals surface area contributed by atoms with Crippen molar-refractivity contribution in [3.8, 4) is 33.7 Å². The molecule has 0 unspecified atom stereocenters. The Balaban J connectivity index is 1.13. The Morgan fingerprint density at radius 1 is 0.412 bits per heavy atom. The standard InChI is InChI=1S/C47H30N2O2/c1-3-10-31(11-4-1)33-20-24-38(25-21-33)49(39-26-22-34(23-27-39)37-19-18-32-12-7-8-15-36(32)30-37)41-17-9-16-40-44-42(50-46(40)41)28-29-43-45(44)48-47(51-43)35-13-5-2-6-14-35/h1-30H. The smallest absolute Gasteiger partial charge is 0.227 e. The molecule has 0 spiro atoms. The molecule has 0 fully saturated rings. The maximum atomic E-state index is 6.73. The molecule has 0 aliphatic carbocycles. The lowest BCUT2D eigenvalue weighted by molar-refractivity contribution is 0.619. The van der Waals surface area contributed by atoms with Crippen LogP contribution in [0.4, 0.5) is 17.1 Å². The minimum absolute atomic E-state index is 0.593. The van der Waals surface area contributed by atoms with Gasteiger partial charge in [-0.3, -0.25) is 0 Å². The zero-order valence-electron chi connectivity index (χ0n) is 27.5. The molecule has 0 bridgehead atoms. The molecule has 0 saturated carbocycles. The SMILES string of the molecule is c1ccc(-c2ccc(N(c3ccc(-c4ccc5ccccc5c4)cc3)c3cccc4c3oc3ccc5oc(-c6ccccc6)nc5c34)cc2)cc1. The number of hydrogen-bond donors (Lipinski definition) is 0. The van der Waals surface area contributed by atoms with Crippen LogP contribution in [0.3, 0.4) is 0 Å². The first-order valence-electron chi connectivity index (χ1n) is 17.1. The fourth-order valence-corrected chi connectivity index (χ4v) is 7.17. The third-order valence-corrected chi connectivity index (χ3v) is 9.70. The molecule has 2 aromatic heterocycles. The summed E-state index contributed by atoms with van der Waals surface area (Å²) in [6.45, 7) is 0. The lowest BCUT2D eigenvalue weighted by atomic mass is 10.0. The Morgan fingerprint density at radius 3 is 1.73 bits per heavy atom. The van der Waals surface area contributed by atoms with Crippen LogP contribution in [-0.2, 0) is 0 Å². The Labute approximate surface area is 294 Å². The van der Waals surface area contributed by atoms with Gasteiger partial charge < -0.3 is 13.7 Å². The third-order valence-electron chi connectivity index (χ3n) is 9.70. The lowest BCUT2D eigenvalue weighted by Crippen LogP contribution is -2.10. The van der Waals surface area contributed by atoms with Crippen molar-refractivity contribution in [2.45, 2.75) is 0 Å². The van der Waals surface area contributed by atoms with E-state index >= 15 is 0 Å². The fraction of sp³-hybridized carbons (Fsp3) is 0. The van der Waals surface area contributed by atoms with Gasteiger partial charge in [-0.1, -0.05) is 121 Å². The number of nitrogens with zero attached hydrogens (tertiary/aromatic N) is 2. The van der Waals surface area contributed by atoms with Gasteiger partial charge in [-0.2, -0.15) is 0 Å². The Morgan fingerprint density at radius 2 is 1.00 bits per heavy atom. The molecule has 0 aliphatic rings. The van der Waals surface area contributed by atoms with Crippen LogP contribution in [0.1, 0.15) is 0 Å². The number of rotatable bonds is 6. The Kier molecular flexibility index (Phi) is 6.78. The van der Waals surface area contributed by atoms with Gasteiger partial charge in [0, 0.05) is 22.3 Å². The van der Waals surface area contributed by atoms with Crippen LogP contribution in [0.5, 0.6) is 0 Å². The van der Waals surface area contributed by atoms with Crippen LogP contribution < -0.4 is 4.90 Å². The van der Waals surface area contributed by atoms with E-state index in [0.29, 0.717) is 5.89 Å². The first kappa shape index (κ1) is 29.0. The van der Waals surface area contributed by atoms with Crippen molar-refractivity contribution in [1.29, 1.82) is 0 Å². The molecule has 4 heteroatoms. The van der Waals surface area contributed by atoms with Crippen molar-refractivity contribution in [2.75, 3.05) is 4.90 Å². The largest absolute Gasteiger partial charge is 0.454 e. The molecular weight excluding hydrogens is 625 g/mol. The number of anilines is 3. The molecule has 0 atom stereocenters. The summed E-state index contributed by atoms with van der Waals surface area (Å²) in [6.07, 6.45) is 0. The minimum atomic E-state index is 0.593. The van der Waals surface area contributed by atoms with E-state index in [1.54, 1.807) is 0 Å². The minimum Gasteiger partial charge on any atom is -0.454 e. The van der Waals surface area contributed by atoms with E-state index < -0.39 is 0 Å². The maximum absolute atomic E-state index is 6.73. The second kappa shape index (κ2) is 11.9. The van der Waals surface area contributed by atoms with Gasteiger partial charge in [-0.15, -0.1) is 0 Å². The maximum Gasteiger partial charge on any atom is 0.227 e. The van der Waals surface area contributed by atoms with Gasteiger partial charge in [0.25, 0.3) is 0 Å². The fourth-order valence-electron chi connectivity index (χ4n) is 7.17. The summed E-state index contributed by atoms with van der Waals surface area (Å²) < 4.78 is 13.0. The molecule has 51 heavy (non-hydrogen) atoms. The van der Waals surface area contributed by atoms with Crippen molar-refractivity contribution in [2.24, 2.45) is 0 Å². The van der Waals surface area contributed by atoms with E-state index in [1.165, 1.54) is 21.9 Å². The average Bonchev–Trinajstić information content (AvgIpc) is 3.82. The first-order chi connectivity index (χ1) is 25.3. The summed E-state index contributed by atoms with van der Waals surface area (Å²) in [5.41, 5.74) is 11.7. The van der Waals surface area contributed by atoms with Crippen LogP contribution >= 0.6 is 0 Å². The number of oxazole rings is 1. The van der Waals surface area contributed by atoms with Crippen LogP contribution in [-0.4, -0.2) is 4.98 Å². The number of furan rings is 1. The van der Waals surface area contributed by atoms with Crippen LogP contribution in [0, 0.1) is 0 Å². The van der Waals surface area contributed by atoms with Gasteiger partial charge in [0.2, 0.25) is 5.89 Å². The zero-order valence-corrected chi connectivity index (χ0v) is 27.5. The summed E-state index contributed by atoms with van der Waals surface area (Å²) in [7, 11) is 0. The van der Waals surface area contributed by atoms with Gasteiger partial charge >= 0.3 is 0 Å². The topological polar surface area (TPSA) is 42.4 Å². The van der Waals surface area contributed by atoms with Crippen molar-refractivity contribution in [1.82, 2.24) is 4.98 Å². The molecule has 0 radical (unpaired) electrons. The molecule has 4 nitrogen and oxygen atoms in total. The number of hydrogen-bond acceptors (Lipinski definition) is 4. The predicted octanol–water partition coefficient (Wildman–Crippen LogP) is 13.4. The lowest BCUT2D eigenvalue weighted by Gasteiger charge is -2.26. The highest BCUT2D eigenvalue weighted by Gasteiger charge is 2.22. The van der Waals surface area contributed by atoms with E-state index in [4.69, 9.17) is 13.8 Å². The second-order valence-corrected chi connectivity index (χ2v) is 12.8. The molecule has 0 amide bonds. The van der Waals surface area contributed by atoms with Crippen LogP contribution in [0.2, 0.25) is 0 Å².